The number of aromatic nitrogens is 2. The third-order valence-electron chi connectivity index (χ3n) is 6.58. The lowest BCUT2D eigenvalue weighted by molar-refractivity contribution is 0.0756. The molecule has 3 aliphatic rings. The Balaban J connectivity index is 1.35. The van der Waals surface area contributed by atoms with Crippen molar-refractivity contribution in [2.45, 2.75) is 57.3 Å². The number of amides is 1. The van der Waals surface area contributed by atoms with E-state index in [1.54, 1.807) is 4.90 Å². The molecule has 2 aliphatic heterocycles. The van der Waals surface area contributed by atoms with Crippen LogP contribution >= 0.6 is 0 Å². The second-order valence-corrected chi connectivity index (χ2v) is 8.67. The molecule has 0 spiro atoms. The second-order valence-electron chi connectivity index (χ2n) is 8.67. The molecule has 2 N–H and O–H groups in total. The summed E-state index contributed by atoms with van der Waals surface area (Å²) in [6.45, 7) is 4.87. The lowest BCUT2D eigenvalue weighted by Gasteiger charge is -2.23. The fraction of sp³-hybridized carbons (Fsp3) is 0.591. The molecule has 2 fully saturated rings. The number of aryl methyl sites for hydroxylation is 1. The first-order chi connectivity index (χ1) is 14.1. The van der Waals surface area contributed by atoms with Gasteiger partial charge in [-0.05, 0) is 62.8 Å². The van der Waals surface area contributed by atoms with Crippen LogP contribution in [-0.2, 0) is 12.8 Å². The van der Waals surface area contributed by atoms with Crippen LogP contribution in [0.3, 0.4) is 0 Å². The molecule has 1 saturated carbocycles. The van der Waals surface area contributed by atoms with Gasteiger partial charge in [-0.25, -0.2) is 4.79 Å². The minimum atomic E-state index is -0.501. The third kappa shape index (κ3) is 3.52. The molecule has 154 valence electrons. The summed E-state index contributed by atoms with van der Waals surface area (Å²) >= 11 is 0. The number of carbonyl (C=O) groups excluding carboxylic acids is 1. The maximum Gasteiger partial charge on any atom is 0.349 e. The lowest BCUT2D eigenvalue weighted by atomic mass is 9.95. The number of nitrogens with zero attached hydrogens (tertiary/aromatic N) is 2. The predicted molar refractivity (Wildman–Crippen MR) is 108 cm³/mol. The van der Waals surface area contributed by atoms with Crippen LogP contribution in [0.1, 0.15) is 76.2 Å². The van der Waals surface area contributed by atoms with Gasteiger partial charge in [0.05, 0.1) is 5.69 Å². The van der Waals surface area contributed by atoms with Crippen LogP contribution in [0.15, 0.2) is 15.3 Å². The summed E-state index contributed by atoms with van der Waals surface area (Å²) in [5, 5.41) is 11.0. The Morgan fingerprint density at radius 2 is 2.03 bits per heavy atom. The monoisotopic (exact) mass is 396 g/mol. The largest absolute Gasteiger partial charge is 0.427 e. The van der Waals surface area contributed by atoms with E-state index >= 15 is 0 Å². The molecule has 0 radical (unpaired) electrons. The highest BCUT2D eigenvalue weighted by Crippen LogP contribution is 2.41. The number of nitrogens with one attached hydrogen (secondary N) is 2. The molecular formula is C22H28N4O3. The summed E-state index contributed by atoms with van der Waals surface area (Å²) in [6.07, 6.45) is 6.03. The highest BCUT2D eigenvalue weighted by Gasteiger charge is 2.32. The van der Waals surface area contributed by atoms with Gasteiger partial charge in [0.1, 0.15) is 11.3 Å². The summed E-state index contributed by atoms with van der Waals surface area (Å²) in [6, 6.07) is 1.89. The van der Waals surface area contributed by atoms with E-state index in [0.717, 1.165) is 50.0 Å². The standard InChI is InChI=1S/C22H28N4O3/c1-13-11-18(15-3-2-8-23-12-15)29-22(28)19(13)21(27)26-9-6-16-17(7-10-26)24-25-20(16)14-4-5-14/h11,14-15,23H,2-10,12H2,1H3,(H,24,25). The van der Waals surface area contributed by atoms with Crippen molar-refractivity contribution in [3.63, 3.8) is 0 Å². The number of H-pyrrole nitrogens is 1. The normalized spacial score (nSPS) is 22.2. The highest BCUT2D eigenvalue weighted by molar-refractivity contribution is 5.95. The quantitative estimate of drug-likeness (QED) is 0.830. The molecule has 1 saturated heterocycles. The van der Waals surface area contributed by atoms with Crippen LogP contribution in [0.25, 0.3) is 0 Å². The molecule has 1 unspecified atom stereocenters. The first-order valence-electron chi connectivity index (χ1n) is 10.8. The van der Waals surface area contributed by atoms with Gasteiger partial charge in [0.2, 0.25) is 0 Å². The Bertz CT molecular complexity index is 982. The number of aromatic amines is 1. The third-order valence-corrected chi connectivity index (χ3v) is 6.58. The second kappa shape index (κ2) is 7.44. The number of rotatable bonds is 3. The van der Waals surface area contributed by atoms with Crippen molar-refractivity contribution in [2.75, 3.05) is 26.2 Å². The zero-order valence-electron chi connectivity index (χ0n) is 16.9. The molecule has 7 nitrogen and oxygen atoms in total. The molecule has 1 amide bonds. The van der Waals surface area contributed by atoms with Gasteiger partial charge in [0.25, 0.3) is 5.91 Å². The van der Waals surface area contributed by atoms with Crippen molar-refractivity contribution in [3.8, 4) is 0 Å². The molecule has 1 aliphatic carbocycles. The van der Waals surface area contributed by atoms with Crippen LogP contribution in [-0.4, -0.2) is 47.2 Å². The molecule has 7 heteroatoms. The summed E-state index contributed by atoms with van der Waals surface area (Å²) in [5.41, 5.74) is 4.02. The van der Waals surface area contributed by atoms with Crippen molar-refractivity contribution < 1.29 is 9.21 Å². The zero-order chi connectivity index (χ0) is 20.0. The lowest BCUT2D eigenvalue weighted by Crippen LogP contribution is -2.37. The number of fused-ring (bicyclic) bond motifs is 1. The molecule has 5 rings (SSSR count). The van der Waals surface area contributed by atoms with Gasteiger partial charge in [0, 0.05) is 43.6 Å². The van der Waals surface area contributed by atoms with E-state index in [2.05, 4.69) is 15.5 Å². The summed E-state index contributed by atoms with van der Waals surface area (Å²) in [5.74, 6) is 1.28. The minimum Gasteiger partial charge on any atom is -0.427 e. The zero-order valence-corrected chi connectivity index (χ0v) is 16.9. The molecule has 1 atom stereocenters. The van der Waals surface area contributed by atoms with Crippen LogP contribution in [0.4, 0.5) is 0 Å². The van der Waals surface area contributed by atoms with E-state index in [1.165, 1.54) is 24.1 Å². The minimum absolute atomic E-state index is 0.184. The van der Waals surface area contributed by atoms with Gasteiger partial charge in [-0.2, -0.15) is 5.10 Å². The first kappa shape index (κ1) is 18.6. The van der Waals surface area contributed by atoms with Crippen LogP contribution in [0.5, 0.6) is 0 Å². The summed E-state index contributed by atoms with van der Waals surface area (Å²) in [4.78, 5) is 27.8. The first-order valence-corrected chi connectivity index (χ1v) is 10.8. The fourth-order valence-electron chi connectivity index (χ4n) is 4.75. The van der Waals surface area contributed by atoms with Gasteiger partial charge in [-0.15, -0.1) is 0 Å². The van der Waals surface area contributed by atoms with Gasteiger partial charge < -0.3 is 14.6 Å². The highest BCUT2D eigenvalue weighted by atomic mass is 16.4. The molecule has 4 heterocycles. The number of carbonyl (C=O) groups is 1. The van der Waals surface area contributed by atoms with E-state index in [4.69, 9.17) is 4.42 Å². The van der Waals surface area contributed by atoms with Crippen LogP contribution in [0.2, 0.25) is 0 Å². The maximum absolute atomic E-state index is 13.2. The van der Waals surface area contributed by atoms with Crippen LogP contribution < -0.4 is 10.9 Å². The summed E-state index contributed by atoms with van der Waals surface area (Å²) < 4.78 is 5.62. The van der Waals surface area contributed by atoms with Gasteiger partial charge in [-0.1, -0.05) is 0 Å². The van der Waals surface area contributed by atoms with Crippen molar-refractivity contribution in [3.05, 3.63) is 50.3 Å². The molecule has 29 heavy (non-hydrogen) atoms. The molecule has 2 aromatic rings. The van der Waals surface area contributed by atoms with Gasteiger partial charge >= 0.3 is 5.63 Å². The van der Waals surface area contributed by atoms with Crippen molar-refractivity contribution in [2.24, 2.45) is 0 Å². The smallest absolute Gasteiger partial charge is 0.349 e. The van der Waals surface area contributed by atoms with Crippen molar-refractivity contribution >= 4 is 5.91 Å². The van der Waals surface area contributed by atoms with Crippen molar-refractivity contribution in [1.29, 1.82) is 0 Å². The van der Waals surface area contributed by atoms with Crippen LogP contribution in [0, 0.1) is 6.92 Å². The van der Waals surface area contributed by atoms with E-state index in [-0.39, 0.29) is 17.4 Å². The van der Waals surface area contributed by atoms with E-state index in [9.17, 15) is 9.59 Å². The average molecular weight is 396 g/mol. The number of hydrogen-bond donors (Lipinski definition) is 2. The topological polar surface area (TPSA) is 91.2 Å². The SMILES string of the molecule is Cc1cc(C2CCCNC2)oc(=O)c1C(=O)N1CCc2[nH]nc(C3CC3)c2CC1. The fourth-order valence-corrected chi connectivity index (χ4v) is 4.75. The van der Waals surface area contributed by atoms with E-state index in [1.807, 2.05) is 13.0 Å². The Hall–Kier alpha value is -2.41. The van der Waals surface area contributed by atoms with Gasteiger partial charge in [-0.3, -0.25) is 9.89 Å². The average Bonchev–Trinajstić information content (AvgIpc) is 3.52. The Morgan fingerprint density at radius 1 is 1.21 bits per heavy atom. The molecular weight excluding hydrogens is 368 g/mol. The Labute approximate surface area is 169 Å². The van der Waals surface area contributed by atoms with Gasteiger partial charge in [0.15, 0.2) is 0 Å². The van der Waals surface area contributed by atoms with Crippen molar-refractivity contribution in [1.82, 2.24) is 20.4 Å². The number of hydrogen-bond acceptors (Lipinski definition) is 5. The molecule has 2 aromatic heterocycles. The summed E-state index contributed by atoms with van der Waals surface area (Å²) in [7, 11) is 0. The Kier molecular flexibility index (Phi) is 4.78. The molecule has 0 bridgehead atoms. The number of piperidine rings is 1. The van der Waals surface area contributed by atoms with E-state index in [0.29, 0.717) is 24.8 Å². The van der Waals surface area contributed by atoms with E-state index < -0.39 is 5.63 Å². The Morgan fingerprint density at radius 3 is 2.76 bits per heavy atom. The molecule has 0 aromatic carbocycles. The maximum atomic E-state index is 13.2. The predicted octanol–water partition coefficient (Wildman–Crippen LogP) is 2.26.